The van der Waals surface area contributed by atoms with Crippen molar-refractivity contribution >= 4 is 27.6 Å². The molecule has 0 spiro atoms. The van der Waals surface area contributed by atoms with E-state index < -0.39 is 0 Å². The van der Waals surface area contributed by atoms with Crippen molar-refractivity contribution in [2.75, 3.05) is 5.73 Å². The third kappa shape index (κ3) is 3.42. The summed E-state index contributed by atoms with van der Waals surface area (Å²) in [5, 5.41) is 0. The first kappa shape index (κ1) is 14.7. The van der Waals surface area contributed by atoms with Gasteiger partial charge >= 0.3 is 5.97 Å². The number of aromatic nitrogens is 1. The quantitative estimate of drug-likeness (QED) is 0.864. The molecule has 2 aromatic rings. The van der Waals surface area contributed by atoms with Gasteiger partial charge in [0.25, 0.3) is 0 Å². The maximum atomic E-state index is 12.1. The molecule has 0 fully saturated rings. The predicted octanol–water partition coefficient (Wildman–Crippen LogP) is 3.77. The highest BCUT2D eigenvalue weighted by molar-refractivity contribution is 9.10. The molecule has 1 aromatic carbocycles. The minimum atomic E-state index is -0.363. The van der Waals surface area contributed by atoms with Gasteiger partial charge in [-0.25, -0.2) is 4.79 Å². The second-order valence-corrected chi connectivity index (χ2v) is 5.78. The van der Waals surface area contributed by atoms with E-state index in [4.69, 9.17) is 10.5 Å². The monoisotopic (exact) mass is 336 g/mol. The lowest BCUT2D eigenvalue weighted by molar-refractivity contribution is 0.0458. The minimum absolute atomic E-state index is 0.155. The van der Waals surface area contributed by atoms with Gasteiger partial charge in [0.1, 0.15) is 12.3 Å². The maximum Gasteiger partial charge on any atom is 0.355 e. The van der Waals surface area contributed by atoms with Crippen molar-refractivity contribution in [3.05, 3.63) is 52.3 Å². The zero-order valence-electron chi connectivity index (χ0n) is 11.5. The zero-order valence-corrected chi connectivity index (χ0v) is 13.1. The number of nitrogens with zero attached hydrogens (tertiary/aromatic N) is 1. The molecule has 0 saturated heterocycles. The summed E-state index contributed by atoms with van der Waals surface area (Å²) in [5.74, 6) is -0.363. The fourth-order valence-electron chi connectivity index (χ4n) is 1.89. The molecule has 0 radical (unpaired) electrons. The van der Waals surface area contributed by atoms with Crippen molar-refractivity contribution in [1.29, 1.82) is 0 Å². The number of ether oxygens (including phenoxy) is 1. The number of hydrogen-bond acceptors (Lipinski definition) is 3. The van der Waals surface area contributed by atoms with Crippen LogP contribution in [0, 0.1) is 0 Å². The highest BCUT2D eigenvalue weighted by Crippen LogP contribution is 2.18. The number of halogens is 1. The molecule has 1 aromatic heterocycles. The smallest absolute Gasteiger partial charge is 0.355 e. The summed E-state index contributed by atoms with van der Waals surface area (Å²) in [7, 11) is 0. The van der Waals surface area contributed by atoms with E-state index in [1.165, 1.54) is 0 Å². The van der Waals surface area contributed by atoms with Crippen LogP contribution in [0.5, 0.6) is 0 Å². The summed E-state index contributed by atoms with van der Waals surface area (Å²) < 4.78 is 8.14. The van der Waals surface area contributed by atoms with Gasteiger partial charge in [-0.05, 0) is 37.6 Å². The van der Waals surface area contributed by atoms with Gasteiger partial charge in [-0.3, -0.25) is 0 Å². The Bertz CT molecular complexity index is 603. The van der Waals surface area contributed by atoms with E-state index in [2.05, 4.69) is 15.9 Å². The molecule has 4 nitrogen and oxygen atoms in total. The molecule has 2 N–H and O–H groups in total. The molecule has 5 heteroatoms. The SMILES string of the molecule is CC(C)n1cc(N)cc1C(=O)OCc1ccc(Br)cc1. The van der Waals surface area contributed by atoms with Crippen LogP contribution in [0.4, 0.5) is 5.69 Å². The Labute approximate surface area is 126 Å². The predicted molar refractivity (Wildman–Crippen MR) is 82.5 cm³/mol. The fraction of sp³-hybridized carbons (Fsp3) is 0.267. The van der Waals surface area contributed by atoms with Crippen LogP contribution in [0.15, 0.2) is 41.0 Å². The number of hydrogen-bond donors (Lipinski definition) is 1. The Hall–Kier alpha value is -1.75. The Morgan fingerprint density at radius 3 is 2.60 bits per heavy atom. The van der Waals surface area contributed by atoms with E-state index >= 15 is 0 Å². The molecule has 0 aliphatic rings. The van der Waals surface area contributed by atoms with Crippen molar-refractivity contribution < 1.29 is 9.53 Å². The molecule has 0 aliphatic carbocycles. The zero-order chi connectivity index (χ0) is 14.7. The molecule has 0 aliphatic heterocycles. The van der Waals surface area contributed by atoms with E-state index in [1.54, 1.807) is 12.3 Å². The number of nitrogen functional groups attached to an aromatic ring is 1. The molecule has 20 heavy (non-hydrogen) atoms. The molecule has 0 unspecified atom stereocenters. The van der Waals surface area contributed by atoms with Gasteiger partial charge in [-0.15, -0.1) is 0 Å². The third-order valence-electron chi connectivity index (χ3n) is 2.92. The third-order valence-corrected chi connectivity index (χ3v) is 3.45. The number of anilines is 1. The van der Waals surface area contributed by atoms with Crippen LogP contribution in [0.25, 0.3) is 0 Å². The van der Waals surface area contributed by atoms with Crippen molar-refractivity contribution in [1.82, 2.24) is 4.57 Å². The van der Waals surface area contributed by atoms with Crippen LogP contribution < -0.4 is 5.73 Å². The van der Waals surface area contributed by atoms with Gasteiger partial charge in [-0.1, -0.05) is 28.1 Å². The van der Waals surface area contributed by atoms with Gasteiger partial charge in [0, 0.05) is 16.7 Å². The van der Waals surface area contributed by atoms with E-state index in [-0.39, 0.29) is 18.6 Å². The van der Waals surface area contributed by atoms with E-state index in [9.17, 15) is 4.79 Å². The number of carbonyl (C=O) groups excluding carboxylic acids is 1. The van der Waals surface area contributed by atoms with Gasteiger partial charge in [0.2, 0.25) is 0 Å². The van der Waals surface area contributed by atoms with Gasteiger partial charge in [0.05, 0.1) is 5.69 Å². The molecule has 0 amide bonds. The molecule has 1 heterocycles. The Morgan fingerprint density at radius 2 is 2.00 bits per heavy atom. The van der Waals surface area contributed by atoms with Crippen LogP contribution in [0.2, 0.25) is 0 Å². The summed E-state index contributed by atoms with van der Waals surface area (Å²) in [5.41, 5.74) is 7.73. The molecular formula is C15H17BrN2O2. The van der Waals surface area contributed by atoms with Crippen LogP contribution in [0.1, 0.15) is 35.9 Å². The normalized spacial score (nSPS) is 10.8. The fourth-order valence-corrected chi connectivity index (χ4v) is 2.16. The van der Waals surface area contributed by atoms with Crippen molar-refractivity contribution in [3.63, 3.8) is 0 Å². The average molecular weight is 337 g/mol. The molecule has 2 rings (SSSR count). The van der Waals surface area contributed by atoms with E-state index in [0.29, 0.717) is 11.4 Å². The van der Waals surface area contributed by atoms with Crippen LogP contribution in [0.3, 0.4) is 0 Å². The molecule has 0 atom stereocenters. The maximum absolute atomic E-state index is 12.1. The summed E-state index contributed by atoms with van der Waals surface area (Å²) in [4.78, 5) is 12.1. The summed E-state index contributed by atoms with van der Waals surface area (Å²) >= 11 is 3.37. The second-order valence-electron chi connectivity index (χ2n) is 4.86. The largest absolute Gasteiger partial charge is 0.456 e. The number of esters is 1. The first-order valence-corrected chi connectivity index (χ1v) is 7.15. The van der Waals surface area contributed by atoms with E-state index in [1.807, 2.05) is 42.7 Å². The first-order chi connectivity index (χ1) is 9.47. The highest BCUT2D eigenvalue weighted by atomic mass is 79.9. The van der Waals surface area contributed by atoms with Gasteiger partial charge in [0.15, 0.2) is 0 Å². The number of rotatable bonds is 4. The molecule has 0 bridgehead atoms. The lowest BCUT2D eigenvalue weighted by Gasteiger charge is -2.12. The van der Waals surface area contributed by atoms with Crippen molar-refractivity contribution in [2.24, 2.45) is 0 Å². The lowest BCUT2D eigenvalue weighted by Crippen LogP contribution is -2.13. The topological polar surface area (TPSA) is 57.2 Å². The van der Waals surface area contributed by atoms with Gasteiger partial charge in [-0.2, -0.15) is 0 Å². The number of carbonyl (C=O) groups is 1. The van der Waals surface area contributed by atoms with E-state index in [0.717, 1.165) is 10.0 Å². The summed E-state index contributed by atoms with van der Waals surface area (Å²) in [6.07, 6.45) is 1.75. The number of benzene rings is 1. The highest BCUT2D eigenvalue weighted by Gasteiger charge is 2.16. The summed E-state index contributed by atoms with van der Waals surface area (Å²) in [6, 6.07) is 9.45. The van der Waals surface area contributed by atoms with Gasteiger partial charge < -0.3 is 15.0 Å². The average Bonchev–Trinajstić information content (AvgIpc) is 2.80. The van der Waals surface area contributed by atoms with Crippen LogP contribution in [-0.2, 0) is 11.3 Å². The summed E-state index contributed by atoms with van der Waals surface area (Å²) in [6.45, 7) is 4.23. The Balaban J connectivity index is 2.07. The standard InChI is InChI=1S/C15H17BrN2O2/c1-10(2)18-8-13(17)7-14(18)15(19)20-9-11-3-5-12(16)6-4-11/h3-8,10H,9,17H2,1-2H3. The lowest BCUT2D eigenvalue weighted by atomic mass is 10.2. The first-order valence-electron chi connectivity index (χ1n) is 6.36. The molecular weight excluding hydrogens is 320 g/mol. The molecule has 106 valence electrons. The molecule has 0 saturated carbocycles. The Morgan fingerprint density at radius 1 is 1.35 bits per heavy atom. The minimum Gasteiger partial charge on any atom is -0.456 e. The van der Waals surface area contributed by atoms with Crippen molar-refractivity contribution in [2.45, 2.75) is 26.5 Å². The second kappa shape index (κ2) is 6.13. The Kier molecular flexibility index (Phi) is 4.49. The van der Waals surface area contributed by atoms with Crippen LogP contribution >= 0.6 is 15.9 Å². The number of nitrogens with two attached hydrogens (primary N) is 1. The van der Waals surface area contributed by atoms with Crippen molar-refractivity contribution in [3.8, 4) is 0 Å². The van der Waals surface area contributed by atoms with Crippen LogP contribution in [-0.4, -0.2) is 10.5 Å².